The first-order valence-electron chi connectivity index (χ1n) is 6.30. The van der Waals surface area contributed by atoms with Crippen LogP contribution >= 0.6 is 23.3 Å². The largest absolute Gasteiger partial charge is 0.373 e. The number of rotatable bonds is 6. The van der Waals surface area contributed by atoms with Gasteiger partial charge < -0.3 is 5.32 Å². The van der Waals surface area contributed by atoms with Crippen molar-refractivity contribution in [3.63, 3.8) is 0 Å². The Hall–Kier alpha value is -1.21. The van der Waals surface area contributed by atoms with Crippen molar-refractivity contribution in [3.8, 4) is 0 Å². The van der Waals surface area contributed by atoms with Gasteiger partial charge in [0.2, 0.25) is 0 Å². The lowest BCUT2D eigenvalue weighted by Crippen LogP contribution is -2.02. The van der Waals surface area contributed by atoms with E-state index in [9.17, 15) is 0 Å². The minimum absolute atomic E-state index is 0.865. The van der Waals surface area contributed by atoms with E-state index in [-0.39, 0.29) is 0 Å². The fourth-order valence-corrected chi connectivity index (χ4v) is 3.42. The maximum Gasteiger partial charge on any atom is 0.176 e. The van der Waals surface area contributed by atoms with Crippen LogP contribution in [-0.4, -0.2) is 26.4 Å². The van der Waals surface area contributed by atoms with Crippen molar-refractivity contribution in [2.45, 2.75) is 42.5 Å². The summed E-state index contributed by atoms with van der Waals surface area (Å²) in [6, 6.07) is 0. The summed E-state index contributed by atoms with van der Waals surface area (Å²) < 4.78 is 5.24. The molecule has 0 aliphatic heterocycles. The molecular formula is C12H17N5S2. The monoisotopic (exact) mass is 295 g/mol. The van der Waals surface area contributed by atoms with E-state index in [0.29, 0.717) is 0 Å². The second-order valence-corrected chi connectivity index (χ2v) is 5.93. The Bertz CT molecular complexity index is 541. The van der Waals surface area contributed by atoms with Crippen molar-refractivity contribution < 1.29 is 0 Å². The number of aryl methyl sites for hydroxylation is 1. The van der Waals surface area contributed by atoms with E-state index in [1.165, 1.54) is 11.5 Å². The van der Waals surface area contributed by atoms with Gasteiger partial charge in [-0.3, -0.25) is 0 Å². The Kier molecular flexibility index (Phi) is 5.09. The zero-order valence-electron chi connectivity index (χ0n) is 11.3. The lowest BCUT2D eigenvalue weighted by molar-refractivity contribution is 0.858. The van der Waals surface area contributed by atoms with Gasteiger partial charge in [-0.05, 0) is 29.7 Å². The number of aromatic nitrogens is 4. The maximum absolute atomic E-state index is 4.47. The average Bonchev–Trinajstić information content (AvgIpc) is 2.88. The van der Waals surface area contributed by atoms with Crippen LogP contribution in [0.1, 0.15) is 31.7 Å². The van der Waals surface area contributed by atoms with Gasteiger partial charge in [-0.2, -0.15) is 4.37 Å². The summed E-state index contributed by atoms with van der Waals surface area (Å²) in [5.74, 6) is 1.80. The number of nitrogens with one attached hydrogen (secondary N) is 1. The van der Waals surface area contributed by atoms with Crippen molar-refractivity contribution in [3.05, 3.63) is 17.7 Å². The number of anilines is 1. The molecule has 0 aliphatic rings. The van der Waals surface area contributed by atoms with Crippen LogP contribution in [-0.2, 0) is 12.8 Å². The van der Waals surface area contributed by atoms with Gasteiger partial charge in [0.1, 0.15) is 23.0 Å². The van der Waals surface area contributed by atoms with Gasteiger partial charge in [-0.25, -0.2) is 15.0 Å². The van der Waals surface area contributed by atoms with Crippen LogP contribution in [0.25, 0.3) is 0 Å². The molecule has 0 saturated carbocycles. The summed E-state index contributed by atoms with van der Waals surface area (Å²) in [5, 5.41) is 4.10. The van der Waals surface area contributed by atoms with E-state index in [0.717, 1.165) is 45.8 Å². The molecule has 0 fully saturated rings. The molecule has 0 amide bonds. The van der Waals surface area contributed by atoms with E-state index in [2.05, 4.69) is 38.5 Å². The first-order valence-corrected chi connectivity index (χ1v) is 7.89. The highest BCUT2D eigenvalue weighted by molar-refractivity contribution is 8.00. The van der Waals surface area contributed by atoms with Gasteiger partial charge in [0, 0.05) is 19.0 Å². The second kappa shape index (κ2) is 6.81. The van der Waals surface area contributed by atoms with Gasteiger partial charge in [0.25, 0.3) is 0 Å². The number of nitrogens with zero attached hydrogens (tertiary/aromatic N) is 4. The third kappa shape index (κ3) is 3.42. The summed E-state index contributed by atoms with van der Waals surface area (Å²) in [7, 11) is 1.88. The van der Waals surface area contributed by atoms with Gasteiger partial charge in [0.15, 0.2) is 4.34 Å². The SMILES string of the molecule is CCCc1c(NC)ncnc1Sc1nc(CC)ns1. The second-order valence-electron chi connectivity index (χ2n) is 3.94. The summed E-state index contributed by atoms with van der Waals surface area (Å²) in [6.07, 6.45) is 4.48. The molecule has 0 radical (unpaired) electrons. The maximum atomic E-state index is 4.47. The van der Waals surface area contributed by atoms with Crippen LogP contribution in [0.3, 0.4) is 0 Å². The Morgan fingerprint density at radius 2 is 2.16 bits per heavy atom. The quantitative estimate of drug-likeness (QED) is 0.826. The van der Waals surface area contributed by atoms with Crippen LogP contribution in [0, 0.1) is 0 Å². The molecule has 5 nitrogen and oxygen atoms in total. The molecule has 7 heteroatoms. The first-order chi connectivity index (χ1) is 9.28. The van der Waals surface area contributed by atoms with E-state index < -0.39 is 0 Å². The molecule has 0 aliphatic carbocycles. The summed E-state index contributed by atoms with van der Waals surface area (Å²) in [4.78, 5) is 13.1. The third-order valence-corrected chi connectivity index (χ3v) is 4.43. The number of hydrogen-bond acceptors (Lipinski definition) is 7. The molecule has 0 bridgehead atoms. The van der Waals surface area contributed by atoms with E-state index in [1.807, 2.05) is 7.05 Å². The Morgan fingerprint density at radius 3 is 2.79 bits per heavy atom. The topological polar surface area (TPSA) is 63.6 Å². The molecule has 0 atom stereocenters. The summed E-state index contributed by atoms with van der Waals surface area (Å²) in [5.41, 5.74) is 1.16. The predicted molar refractivity (Wildman–Crippen MR) is 79.0 cm³/mol. The fraction of sp³-hybridized carbons (Fsp3) is 0.500. The van der Waals surface area contributed by atoms with Crippen molar-refractivity contribution in [1.29, 1.82) is 0 Å². The molecule has 2 rings (SSSR count). The number of hydrogen-bond donors (Lipinski definition) is 1. The Labute approximate surface area is 121 Å². The van der Waals surface area contributed by atoms with Crippen molar-refractivity contribution in [1.82, 2.24) is 19.3 Å². The molecular weight excluding hydrogens is 278 g/mol. The predicted octanol–water partition coefficient (Wildman–Crippen LogP) is 3.04. The average molecular weight is 295 g/mol. The molecule has 19 heavy (non-hydrogen) atoms. The zero-order chi connectivity index (χ0) is 13.7. The summed E-state index contributed by atoms with van der Waals surface area (Å²) in [6.45, 7) is 4.21. The van der Waals surface area contributed by atoms with Crippen LogP contribution < -0.4 is 5.32 Å². The first kappa shape index (κ1) is 14.2. The van der Waals surface area contributed by atoms with Gasteiger partial charge >= 0.3 is 0 Å². The van der Waals surface area contributed by atoms with Gasteiger partial charge in [-0.1, -0.05) is 20.3 Å². The summed E-state index contributed by atoms with van der Waals surface area (Å²) >= 11 is 3.00. The Balaban J connectivity index is 2.27. The lowest BCUT2D eigenvalue weighted by Gasteiger charge is -2.10. The van der Waals surface area contributed by atoms with Crippen molar-refractivity contribution in [2.75, 3.05) is 12.4 Å². The van der Waals surface area contributed by atoms with Gasteiger partial charge in [0.05, 0.1) is 0 Å². The Morgan fingerprint density at radius 1 is 1.32 bits per heavy atom. The normalized spacial score (nSPS) is 10.7. The minimum atomic E-state index is 0.865. The molecule has 0 unspecified atom stereocenters. The molecule has 0 spiro atoms. The van der Waals surface area contributed by atoms with E-state index in [4.69, 9.17) is 0 Å². The molecule has 2 heterocycles. The molecule has 0 aromatic carbocycles. The van der Waals surface area contributed by atoms with Crippen molar-refractivity contribution >= 4 is 29.1 Å². The minimum Gasteiger partial charge on any atom is -0.373 e. The standard InChI is InChI=1S/C12H17N5S2/c1-4-6-8-10(13-3)14-7-15-11(8)18-12-16-9(5-2)17-19-12/h7H,4-6H2,1-3H3,(H,13,14,15). The molecule has 0 saturated heterocycles. The highest BCUT2D eigenvalue weighted by Gasteiger charge is 2.13. The molecule has 1 N–H and O–H groups in total. The van der Waals surface area contributed by atoms with E-state index in [1.54, 1.807) is 18.1 Å². The highest BCUT2D eigenvalue weighted by Crippen LogP contribution is 2.32. The smallest absolute Gasteiger partial charge is 0.176 e. The third-order valence-electron chi connectivity index (χ3n) is 2.59. The van der Waals surface area contributed by atoms with Crippen LogP contribution in [0.2, 0.25) is 0 Å². The van der Waals surface area contributed by atoms with Crippen LogP contribution in [0.4, 0.5) is 5.82 Å². The lowest BCUT2D eigenvalue weighted by atomic mass is 10.2. The zero-order valence-corrected chi connectivity index (χ0v) is 12.9. The van der Waals surface area contributed by atoms with E-state index >= 15 is 0 Å². The molecule has 2 aromatic heterocycles. The highest BCUT2D eigenvalue weighted by atomic mass is 32.2. The van der Waals surface area contributed by atoms with Crippen LogP contribution in [0.5, 0.6) is 0 Å². The fourth-order valence-electron chi connectivity index (χ4n) is 1.68. The molecule has 2 aromatic rings. The van der Waals surface area contributed by atoms with Crippen LogP contribution in [0.15, 0.2) is 15.7 Å². The molecule has 102 valence electrons. The van der Waals surface area contributed by atoms with Crippen molar-refractivity contribution in [2.24, 2.45) is 0 Å². The van der Waals surface area contributed by atoms with Gasteiger partial charge in [-0.15, -0.1) is 0 Å².